The topological polar surface area (TPSA) is 18.5 Å². The Balaban J connectivity index is 0.000000420. The van der Waals surface area contributed by atoms with E-state index < -0.39 is 0 Å². The summed E-state index contributed by atoms with van der Waals surface area (Å²) >= 11 is 0. The average molecular weight is 593 g/mol. The average Bonchev–Trinajstić information content (AvgIpc) is 3.02. The van der Waals surface area contributed by atoms with Crippen molar-refractivity contribution in [3.8, 4) is 0 Å². The zero-order valence-electron chi connectivity index (χ0n) is 29.8. The number of hydrogen-bond acceptors (Lipinski definition) is 2. The standard InChI is InChI=1S/2C20H40O/c2*1-3-5-7-9-11-13-17-20-19(16-14-18-21-20)15-12-10-8-6-4-2/h2*19-20H,3-18H2,1-2H3/t2*19-,20+/m00/s1. The minimum atomic E-state index is 0.594. The molecular formula is C40H80O2. The quantitative estimate of drug-likeness (QED) is 0.0930. The number of hydrogen-bond donors (Lipinski definition) is 0. The van der Waals surface area contributed by atoms with Gasteiger partial charge in [0.15, 0.2) is 0 Å². The van der Waals surface area contributed by atoms with Crippen molar-refractivity contribution in [2.75, 3.05) is 13.2 Å². The van der Waals surface area contributed by atoms with E-state index in [0.717, 1.165) is 25.0 Å². The van der Waals surface area contributed by atoms with Gasteiger partial charge in [0.05, 0.1) is 12.2 Å². The van der Waals surface area contributed by atoms with Crippen LogP contribution in [-0.4, -0.2) is 25.4 Å². The zero-order chi connectivity index (χ0) is 30.4. The van der Waals surface area contributed by atoms with Gasteiger partial charge in [-0.25, -0.2) is 0 Å². The van der Waals surface area contributed by atoms with Crippen LogP contribution in [0.5, 0.6) is 0 Å². The van der Waals surface area contributed by atoms with Gasteiger partial charge in [-0.1, -0.05) is 169 Å². The van der Waals surface area contributed by atoms with Crippen LogP contribution in [0.3, 0.4) is 0 Å². The molecule has 2 aliphatic rings. The molecule has 42 heavy (non-hydrogen) atoms. The maximum absolute atomic E-state index is 6.10. The Morgan fingerprint density at radius 2 is 0.643 bits per heavy atom. The highest BCUT2D eigenvalue weighted by Gasteiger charge is 2.25. The first-order valence-corrected chi connectivity index (χ1v) is 20.0. The first-order chi connectivity index (χ1) is 20.8. The van der Waals surface area contributed by atoms with Crippen molar-refractivity contribution in [1.82, 2.24) is 0 Å². The smallest absolute Gasteiger partial charge is 0.0603 e. The van der Waals surface area contributed by atoms with Crippen molar-refractivity contribution in [3.05, 3.63) is 0 Å². The zero-order valence-corrected chi connectivity index (χ0v) is 29.8. The summed E-state index contributed by atoms with van der Waals surface area (Å²) in [6.45, 7) is 11.2. The first-order valence-electron chi connectivity index (χ1n) is 20.0. The fourth-order valence-electron chi connectivity index (χ4n) is 7.37. The lowest BCUT2D eigenvalue weighted by atomic mass is 9.86. The van der Waals surface area contributed by atoms with E-state index in [1.54, 1.807) is 0 Å². The van der Waals surface area contributed by atoms with Crippen LogP contribution in [0.25, 0.3) is 0 Å². The predicted octanol–water partition coefficient (Wildman–Crippen LogP) is 13.8. The molecule has 2 aliphatic heterocycles. The minimum absolute atomic E-state index is 0.594. The van der Waals surface area contributed by atoms with Crippen LogP contribution < -0.4 is 0 Å². The van der Waals surface area contributed by atoms with Crippen molar-refractivity contribution >= 4 is 0 Å². The summed E-state index contributed by atoms with van der Waals surface area (Å²) in [6, 6.07) is 0. The molecule has 2 saturated heterocycles. The summed E-state index contributed by atoms with van der Waals surface area (Å²) in [7, 11) is 0. The van der Waals surface area contributed by atoms with Gasteiger partial charge in [0.25, 0.3) is 0 Å². The highest BCUT2D eigenvalue weighted by Crippen LogP contribution is 2.31. The SMILES string of the molecule is CCCCCCCC[C@H]1OCCC[C@@H]1CCCCCCC.CCCCCCCC[C@H]1OCCC[C@@H]1CCCCCCC. The van der Waals surface area contributed by atoms with E-state index in [2.05, 4.69) is 27.7 Å². The van der Waals surface area contributed by atoms with Crippen LogP contribution in [0.15, 0.2) is 0 Å². The molecule has 0 aliphatic carbocycles. The second kappa shape index (κ2) is 30.9. The maximum atomic E-state index is 6.10. The molecule has 0 unspecified atom stereocenters. The van der Waals surface area contributed by atoms with Crippen molar-refractivity contribution in [2.24, 2.45) is 11.8 Å². The second-order valence-electron chi connectivity index (χ2n) is 14.1. The lowest BCUT2D eigenvalue weighted by Gasteiger charge is -2.32. The Morgan fingerprint density at radius 3 is 0.976 bits per heavy atom. The molecule has 0 radical (unpaired) electrons. The van der Waals surface area contributed by atoms with Gasteiger partial charge in [0.1, 0.15) is 0 Å². The molecule has 0 saturated carbocycles. The molecule has 2 nitrogen and oxygen atoms in total. The first kappa shape index (κ1) is 39.9. The highest BCUT2D eigenvalue weighted by atomic mass is 16.5. The molecule has 2 heterocycles. The molecule has 252 valence electrons. The van der Waals surface area contributed by atoms with Crippen LogP contribution in [0.2, 0.25) is 0 Å². The van der Waals surface area contributed by atoms with Crippen LogP contribution in [0.1, 0.15) is 220 Å². The summed E-state index contributed by atoms with van der Waals surface area (Å²) in [4.78, 5) is 0. The summed E-state index contributed by atoms with van der Waals surface area (Å²) in [6.07, 6.45) is 43.2. The van der Waals surface area contributed by atoms with Gasteiger partial charge < -0.3 is 9.47 Å². The third kappa shape index (κ3) is 22.4. The lowest BCUT2D eigenvalue weighted by Crippen LogP contribution is -2.29. The highest BCUT2D eigenvalue weighted by molar-refractivity contribution is 4.76. The van der Waals surface area contributed by atoms with E-state index in [-0.39, 0.29) is 0 Å². The van der Waals surface area contributed by atoms with Crippen molar-refractivity contribution in [2.45, 2.75) is 233 Å². The van der Waals surface area contributed by atoms with Crippen LogP contribution in [0.4, 0.5) is 0 Å². The van der Waals surface area contributed by atoms with E-state index in [1.165, 1.54) is 193 Å². The summed E-state index contributed by atoms with van der Waals surface area (Å²) in [5.74, 6) is 1.74. The minimum Gasteiger partial charge on any atom is -0.378 e. The van der Waals surface area contributed by atoms with Crippen LogP contribution in [0, 0.1) is 11.8 Å². The molecule has 4 atom stereocenters. The number of unbranched alkanes of at least 4 members (excludes halogenated alkanes) is 18. The van der Waals surface area contributed by atoms with Crippen LogP contribution in [-0.2, 0) is 9.47 Å². The molecule has 0 amide bonds. The van der Waals surface area contributed by atoms with E-state index >= 15 is 0 Å². The molecule has 0 aromatic heterocycles. The van der Waals surface area contributed by atoms with Crippen molar-refractivity contribution in [1.29, 1.82) is 0 Å². The predicted molar refractivity (Wildman–Crippen MR) is 188 cm³/mol. The van der Waals surface area contributed by atoms with Gasteiger partial charge in [0.2, 0.25) is 0 Å². The van der Waals surface area contributed by atoms with Crippen LogP contribution >= 0.6 is 0 Å². The van der Waals surface area contributed by atoms with Gasteiger partial charge in [-0.15, -0.1) is 0 Å². The molecular weight excluding hydrogens is 512 g/mol. The maximum Gasteiger partial charge on any atom is 0.0603 e. The number of ether oxygens (including phenoxy) is 2. The Morgan fingerprint density at radius 1 is 0.357 bits per heavy atom. The molecule has 2 rings (SSSR count). The number of rotatable bonds is 26. The Hall–Kier alpha value is -0.0800. The molecule has 0 aromatic rings. The van der Waals surface area contributed by atoms with Crippen molar-refractivity contribution in [3.63, 3.8) is 0 Å². The Kier molecular flexibility index (Phi) is 29.4. The third-order valence-electron chi connectivity index (χ3n) is 10.2. The van der Waals surface area contributed by atoms with E-state index in [0.29, 0.717) is 12.2 Å². The molecule has 0 spiro atoms. The Bertz CT molecular complexity index is 474. The molecule has 0 aromatic carbocycles. The van der Waals surface area contributed by atoms with Gasteiger partial charge >= 0.3 is 0 Å². The Labute approximate surface area is 266 Å². The molecule has 2 fully saturated rings. The third-order valence-corrected chi connectivity index (χ3v) is 10.2. The van der Waals surface area contributed by atoms with E-state index in [1.807, 2.05) is 0 Å². The van der Waals surface area contributed by atoms with Gasteiger partial charge in [0, 0.05) is 13.2 Å². The molecule has 0 N–H and O–H groups in total. The lowest BCUT2D eigenvalue weighted by molar-refractivity contribution is -0.0353. The summed E-state index contributed by atoms with van der Waals surface area (Å²) in [5, 5.41) is 0. The molecule has 0 bridgehead atoms. The second-order valence-corrected chi connectivity index (χ2v) is 14.1. The van der Waals surface area contributed by atoms with E-state index in [9.17, 15) is 0 Å². The molecule has 2 heteroatoms. The normalized spacial score (nSPS) is 22.6. The summed E-state index contributed by atoms with van der Waals surface area (Å²) < 4.78 is 12.2. The van der Waals surface area contributed by atoms with Crippen molar-refractivity contribution < 1.29 is 9.47 Å². The fraction of sp³-hybridized carbons (Fsp3) is 1.00. The summed E-state index contributed by atoms with van der Waals surface area (Å²) in [5.41, 5.74) is 0. The largest absolute Gasteiger partial charge is 0.378 e. The van der Waals surface area contributed by atoms with Gasteiger partial charge in [-0.05, 0) is 63.2 Å². The van der Waals surface area contributed by atoms with Gasteiger partial charge in [-0.3, -0.25) is 0 Å². The monoisotopic (exact) mass is 593 g/mol. The van der Waals surface area contributed by atoms with E-state index in [4.69, 9.17) is 9.47 Å². The van der Waals surface area contributed by atoms with Gasteiger partial charge in [-0.2, -0.15) is 0 Å². The fourth-order valence-corrected chi connectivity index (χ4v) is 7.37.